The number of aliphatic carboxylic acids is 1. The lowest BCUT2D eigenvalue weighted by atomic mass is 9.82. The number of carbonyl (C=O) groups is 2. The van der Waals surface area contributed by atoms with Crippen molar-refractivity contribution >= 4 is 17.6 Å². The first-order valence-electron chi connectivity index (χ1n) is 7.12. The van der Waals surface area contributed by atoms with Gasteiger partial charge in [0.05, 0.1) is 12.5 Å². The highest BCUT2D eigenvalue weighted by Gasteiger charge is 2.43. The highest BCUT2D eigenvalue weighted by Crippen LogP contribution is 2.42. The van der Waals surface area contributed by atoms with Crippen LogP contribution >= 0.6 is 0 Å². The van der Waals surface area contributed by atoms with Crippen molar-refractivity contribution in [2.45, 2.75) is 32.1 Å². The smallest absolute Gasteiger partial charge is 0.310 e. The van der Waals surface area contributed by atoms with Crippen LogP contribution in [0.5, 0.6) is 5.75 Å². The van der Waals surface area contributed by atoms with Crippen LogP contribution in [0.15, 0.2) is 24.3 Å². The summed E-state index contributed by atoms with van der Waals surface area (Å²) >= 11 is 0. The fourth-order valence-corrected chi connectivity index (χ4v) is 2.88. The maximum absolute atomic E-state index is 12.4. The fourth-order valence-electron chi connectivity index (χ4n) is 2.88. The molecule has 0 unspecified atom stereocenters. The summed E-state index contributed by atoms with van der Waals surface area (Å²) in [5.41, 5.74) is -0.142. The number of nitrogens with zero attached hydrogens (tertiary/aromatic N) is 1. The Balaban J connectivity index is 2.09. The highest BCUT2D eigenvalue weighted by atomic mass is 16.5. The monoisotopic (exact) mass is 291 g/mol. The quantitative estimate of drug-likeness (QED) is 0.905. The summed E-state index contributed by atoms with van der Waals surface area (Å²) in [6.07, 6.45) is 3.00. The van der Waals surface area contributed by atoms with Crippen LogP contribution in [-0.4, -0.2) is 31.1 Å². The third kappa shape index (κ3) is 3.17. The van der Waals surface area contributed by atoms with E-state index in [1.165, 1.54) is 4.90 Å². The van der Waals surface area contributed by atoms with E-state index in [1.807, 2.05) is 0 Å². The number of hydrogen-bond donors (Lipinski definition) is 1. The second-order valence-electron chi connectivity index (χ2n) is 5.62. The Kier molecular flexibility index (Phi) is 4.50. The van der Waals surface area contributed by atoms with Crippen LogP contribution in [0.25, 0.3) is 0 Å². The van der Waals surface area contributed by atoms with Crippen LogP contribution < -0.4 is 9.64 Å². The van der Waals surface area contributed by atoms with E-state index >= 15 is 0 Å². The minimum absolute atomic E-state index is 0.0604. The predicted octanol–water partition coefficient (Wildman–Crippen LogP) is 2.69. The number of amides is 1. The largest absolute Gasteiger partial charge is 0.497 e. The Hall–Kier alpha value is -2.04. The van der Waals surface area contributed by atoms with E-state index in [4.69, 9.17) is 4.74 Å². The van der Waals surface area contributed by atoms with Gasteiger partial charge in [0.2, 0.25) is 5.91 Å². The van der Waals surface area contributed by atoms with E-state index < -0.39 is 11.4 Å². The lowest BCUT2D eigenvalue weighted by Gasteiger charge is -2.26. The van der Waals surface area contributed by atoms with Gasteiger partial charge in [-0.15, -0.1) is 0 Å². The Morgan fingerprint density at radius 3 is 2.29 bits per heavy atom. The maximum atomic E-state index is 12.4. The summed E-state index contributed by atoms with van der Waals surface area (Å²) in [6, 6.07) is 7.14. The number of anilines is 1. The third-order valence-corrected chi connectivity index (χ3v) is 4.34. The van der Waals surface area contributed by atoms with E-state index in [0.717, 1.165) is 24.3 Å². The molecule has 21 heavy (non-hydrogen) atoms. The Morgan fingerprint density at radius 2 is 1.81 bits per heavy atom. The summed E-state index contributed by atoms with van der Waals surface area (Å²) in [5, 5.41) is 9.45. The van der Waals surface area contributed by atoms with Crippen molar-refractivity contribution in [2.75, 3.05) is 19.1 Å². The molecule has 0 aromatic heterocycles. The van der Waals surface area contributed by atoms with Crippen LogP contribution in [0, 0.1) is 5.41 Å². The first-order chi connectivity index (χ1) is 9.98. The van der Waals surface area contributed by atoms with Gasteiger partial charge < -0.3 is 14.7 Å². The molecule has 0 bridgehead atoms. The van der Waals surface area contributed by atoms with Gasteiger partial charge in [-0.05, 0) is 37.1 Å². The van der Waals surface area contributed by atoms with Crippen LogP contribution in [-0.2, 0) is 9.59 Å². The van der Waals surface area contributed by atoms with Gasteiger partial charge in [-0.2, -0.15) is 0 Å². The number of hydrogen-bond acceptors (Lipinski definition) is 3. The van der Waals surface area contributed by atoms with Crippen molar-refractivity contribution in [3.63, 3.8) is 0 Å². The van der Waals surface area contributed by atoms with Crippen molar-refractivity contribution in [3.8, 4) is 5.75 Å². The van der Waals surface area contributed by atoms with E-state index in [9.17, 15) is 14.7 Å². The van der Waals surface area contributed by atoms with Gasteiger partial charge in [0.15, 0.2) is 0 Å². The molecule has 1 amide bonds. The van der Waals surface area contributed by atoms with E-state index in [0.29, 0.717) is 12.8 Å². The maximum Gasteiger partial charge on any atom is 0.310 e. The number of carboxylic acid groups (broad SMARTS) is 1. The molecule has 1 N–H and O–H groups in total. The van der Waals surface area contributed by atoms with Crippen molar-refractivity contribution in [1.82, 2.24) is 0 Å². The molecule has 1 aliphatic rings. The van der Waals surface area contributed by atoms with Crippen LogP contribution in [0.2, 0.25) is 0 Å². The molecule has 0 saturated heterocycles. The summed E-state index contributed by atoms with van der Waals surface area (Å²) < 4.78 is 5.08. The minimum atomic E-state index is -0.877. The summed E-state index contributed by atoms with van der Waals surface area (Å²) in [5.74, 6) is -0.293. The molecule has 1 fully saturated rings. The molecule has 5 nitrogen and oxygen atoms in total. The van der Waals surface area contributed by atoms with Crippen molar-refractivity contribution < 1.29 is 19.4 Å². The van der Waals surface area contributed by atoms with E-state index in [2.05, 4.69) is 0 Å². The predicted molar refractivity (Wildman–Crippen MR) is 79.6 cm³/mol. The first-order valence-corrected chi connectivity index (χ1v) is 7.12. The number of carbonyl (C=O) groups excluding carboxylic acids is 1. The zero-order valence-electron chi connectivity index (χ0n) is 12.5. The molecule has 0 spiro atoms. The van der Waals surface area contributed by atoms with Gasteiger partial charge in [0.25, 0.3) is 0 Å². The molecule has 0 atom stereocenters. The van der Waals surface area contributed by atoms with Crippen LogP contribution in [0.4, 0.5) is 5.69 Å². The molecule has 1 aromatic rings. The number of carboxylic acids is 1. The van der Waals surface area contributed by atoms with Gasteiger partial charge >= 0.3 is 5.97 Å². The van der Waals surface area contributed by atoms with Crippen LogP contribution in [0.3, 0.4) is 0 Å². The molecule has 0 aliphatic heterocycles. The van der Waals surface area contributed by atoms with Gasteiger partial charge in [0.1, 0.15) is 5.75 Å². The molecule has 0 heterocycles. The van der Waals surface area contributed by atoms with Crippen molar-refractivity contribution in [2.24, 2.45) is 5.41 Å². The molecule has 0 radical (unpaired) electrons. The average Bonchev–Trinajstić information content (AvgIpc) is 2.96. The van der Waals surface area contributed by atoms with Gasteiger partial charge in [-0.1, -0.05) is 12.8 Å². The highest BCUT2D eigenvalue weighted by molar-refractivity contribution is 5.96. The molecule has 2 rings (SSSR count). The number of ether oxygens (including phenoxy) is 1. The Labute approximate surface area is 124 Å². The summed E-state index contributed by atoms with van der Waals surface area (Å²) in [4.78, 5) is 25.4. The lowest BCUT2D eigenvalue weighted by molar-refractivity contribution is -0.151. The Bertz CT molecular complexity index is 518. The van der Waals surface area contributed by atoms with Gasteiger partial charge in [-0.3, -0.25) is 9.59 Å². The molecular formula is C16H21NO4. The number of benzene rings is 1. The summed E-state index contributed by atoms with van der Waals surface area (Å²) in [6.45, 7) is 0. The van der Waals surface area contributed by atoms with Crippen LogP contribution in [0.1, 0.15) is 32.1 Å². The molecule has 5 heteroatoms. The third-order valence-electron chi connectivity index (χ3n) is 4.34. The second kappa shape index (κ2) is 6.16. The standard InChI is InChI=1S/C16H21NO4/c1-17(12-5-7-13(21-2)8-6-12)14(18)11-16(15(19)20)9-3-4-10-16/h5-8H,3-4,9-11H2,1-2H3,(H,19,20). The normalized spacial score (nSPS) is 16.5. The molecular weight excluding hydrogens is 270 g/mol. The molecule has 114 valence electrons. The van der Waals surface area contributed by atoms with Crippen molar-refractivity contribution in [3.05, 3.63) is 24.3 Å². The number of methoxy groups -OCH3 is 1. The van der Waals surface area contributed by atoms with Gasteiger partial charge in [0, 0.05) is 19.2 Å². The Morgan fingerprint density at radius 1 is 1.24 bits per heavy atom. The van der Waals surface area contributed by atoms with Crippen molar-refractivity contribution in [1.29, 1.82) is 0 Å². The zero-order chi connectivity index (χ0) is 15.5. The van der Waals surface area contributed by atoms with E-state index in [1.54, 1.807) is 38.4 Å². The molecule has 1 aromatic carbocycles. The minimum Gasteiger partial charge on any atom is -0.497 e. The zero-order valence-corrected chi connectivity index (χ0v) is 12.5. The fraction of sp³-hybridized carbons (Fsp3) is 0.500. The molecule has 1 saturated carbocycles. The molecule has 1 aliphatic carbocycles. The first kappa shape index (κ1) is 15.4. The SMILES string of the molecule is COc1ccc(N(C)C(=O)CC2(C(=O)O)CCCC2)cc1. The van der Waals surface area contributed by atoms with Gasteiger partial charge in [-0.25, -0.2) is 0 Å². The average molecular weight is 291 g/mol. The topological polar surface area (TPSA) is 66.8 Å². The number of rotatable bonds is 5. The lowest BCUT2D eigenvalue weighted by Crippen LogP contribution is -2.36. The summed E-state index contributed by atoms with van der Waals surface area (Å²) in [7, 11) is 3.26. The van der Waals surface area contributed by atoms with E-state index in [-0.39, 0.29) is 12.3 Å². The second-order valence-corrected chi connectivity index (χ2v) is 5.62.